The van der Waals surface area contributed by atoms with Crippen molar-refractivity contribution in [3.05, 3.63) is 42.2 Å². The van der Waals surface area contributed by atoms with Gasteiger partial charge in [0.25, 0.3) is 0 Å². The van der Waals surface area contributed by atoms with E-state index in [0.717, 1.165) is 11.4 Å². The van der Waals surface area contributed by atoms with Gasteiger partial charge in [0.2, 0.25) is 0 Å². The Morgan fingerprint density at radius 2 is 1.79 bits per heavy atom. The lowest BCUT2D eigenvalue weighted by atomic mass is 9.88. The molecule has 0 fully saturated rings. The molecule has 19 heavy (non-hydrogen) atoms. The van der Waals surface area contributed by atoms with Crippen molar-refractivity contribution in [1.82, 2.24) is 9.97 Å². The normalized spacial score (nSPS) is 11.9. The number of nitrogens with zero attached hydrogens (tertiary/aromatic N) is 2. The van der Waals surface area contributed by atoms with E-state index in [1.165, 1.54) is 10.8 Å². The topological polar surface area (TPSA) is 25.8 Å². The second-order valence-electron chi connectivity index (χ2n) is 6.09. The fourth-order valence-corrected chi connectivity index (χ4v) is 3.07. The molecule has 0 aromatic carbocycles. The molecule has 0 saturated heterocycles. The Labute approximate surface area is 117 Å². The van der Waals surface area contributed by atoms with Gasteiger partial charge in [-0.15, -0.1) is 0 Å². The van der Waals surface area contributed by atoms with Gasteiger partial charge >= 0.3 is 0 Å². The van der Waals surface area contributed by atoms with E-state index in [9.17, 15) is 0 Å². The van der Waals surface area contributed by atoms with Gasteiger partial charge in [-0.2, -0.15) is 0 Å². The third-order valence-electron chi connectivity index (χ3n) is 3.20. The Balaban J connectivity index is 2.57. The predicted molar refractivity (Wildman–Crippen MR) is 83.3 cm³/mol. The van der Waals surface area contributed by atoms with Gasteiger partial charge < -0.3 is 0 Å². The molecule has 3 heteroatoms. The van der Waals surface area contributed by atoms with Crippen LogP contribution in [-0.2, 0) is 5.41 Å². The summed E-state index contributed by atoms with van der Waals surface area (Å²) >= 11 is 0. The molecule has 0 aliphatic heterocycles. The fraction of sp³-hybridized carbons (Fsp3) is 0.375. The molecule has 0 N–H and O–H groups in total. The third-order valence-corrected chi connectivity index (χ3v) is 4.66. The van der Waals surface area contributed by atoms with E-state index in [2.05, 4.69) is 44.9 Å². The van der Waals surface area contributed by atoms with Crippen molar-refractivity contribution < 1.29 is 0 Å². The quantitative estimate of drug-likeness (QED) is 0.781. The van der Waals surface area contributed by atoms with Crippen LogP contribution in [0.4, 0.5) is 0 Å². The summed E-state index contributed by atoms with van der Waals surface area (Å²) in [4.78, 5) is 9.14. The first-order valence-electron chi connectivity index (χ1n) is 6.62. The van der Waals surface area contributed by atoms with Crippen LogP contribution in [0.15, 0.2) is 36.7 Å². The lowest BCUT2D eigenvalue weighted by Gasteiger charge is -2.21. The Morgan fingerprint density at radius 3 is 2.32 bits per heavy atom. The van der Waals surface area contributed by atoms with Crippen LogP contribution in [0.1, 0.15) is 26.3 Å². The Bertz CT molecular complexity index is 557. The second kappa shape index (κ2) is 5.25. The number of rotatable bonds is 2. The molecule has 0 bridgehead atoms. The summed E-state index contributed by atoms with van der Waals surface area (Å²) in [5.74, 6) is 0. The van der Waals surface area contributed by atoms with Crippen LogP contribution in [0.2, 0.25) is 13.1 Å². The van der Waals surface area contributed by atoms with E-state index in [1.54, 1.807) is 0 Å². The van der Waals surface area contributed by atoms with Crippen molar-refractivity contribution in [2.75, 3.05) is 0 Å². The first-order valence-corrected chi connectivity index (χ1v) is 9.12. The largest absolute Gasteiger partial charge is 0.255 e. The zero-order valence-corrected chi connectivity index (χ0v) is 13.4. The van der Waals surface area contributed by atoms with Gasteiger partial charge in [0.15, 0.2) is 0 Å². The Kier molecular flexibility index (Phi) is 3.85. The van der Waals surface area contributed by atoms with Crippen LogP contribution >= 0.6 is 0 Å². The maximum absolute atomic E-state index is 4.70. The maximum Gasteiger partial charge on any atom is 0.0884 e. The summed E-state index contributed by atoms with van der Waals surface area (Å²) in [6, 6.07) is 8.32. The fourth-order valence-electron chi connectivity index (χ4n) is 1.96. The molecule has 0 saturated carbocycles. The van der Waals surface area contributed by atoms with Crippen molar-refractivity contribution >= 4 is 14.0 Å². The molecule has 1 radical (unpaired) electrons. The van der Waals surface area contributed by atoms with Gasteiger partial charge in [-0.25, -0.2) is 0 Å². The molecule has 99 valence electrons. The van der Waals surface area contributed by atoms with Crippen molar-refractivity contribution in [3.63, 3.8) is 0 Å². The van der Waals surface area contributed by atoms with E-state index in [4.69, 9.17) is 4.98 Å². The van der Waals surface area contributed by atoms with Crippen LogP contribution in [0.25, 0.3) is 11.4 Å². The highest BCUT2D eigenvalue weighted by molar-refractivity contribution is 6.72. The molecule has 0 aliphatic carbocycles. The van der Waals surface area contributed by atoms with Gasteiger partial charge in [0.05, 0.1) is 20.2 Å². The van der Waals surface area contributed by atoms with Crippen LogP contribution in [-0.4, -0.2) is 18.8 Å². The summed E-state index contributed by atoms with van der Waals surface area (Å²) in [6.45, 7) is 11.3. The molecule has 0 spiro atoms. The van der Waals surface area contributed by atoms with E-state index < -0.39 is 8.80 Å². The molecule has 0 unspecified atom stereocenters. The third kappa shape index (κ3) is 3.10. The standard InChI is InChI=1S/C16H21N2Si/c1-16(2,3)12-10-14(19(4)5)15(18-11-12)13-8-6-7-9-17-13/h6-11H,1-5H3. The van der Waals surface area contributed by atoms with Crippen molar-refractivity contribution in [3.8, 4) is 11.4 Å². The number of pyridine rings is 2. The van der Waals surface area contributed by atoms with Crippen LogP contribution in [0.3, 0.4) is 0 Å². The Morgan fingerprint density at radius 1 is 1.05 bits per heavy atom. The van der Waals surface area contributed by atoms with Crippen molar-refractivity contribution in [1.29, 1.82) is 0 Å². The highest BCUT2D eigenvalue weighted by atomic mass is 28.3. The van der Waals surface area contributed by atoms with E-state index >= 15 is 0 Å². The van der Waals surface area contributed by atoms with Gasteiger partial charge in [-0.1, -0.05) is 46.0 Å². The molecule has 2 nitrogen and oxygen atoms in total. The highest BCUT2D eigenvalue weighted by Crippen LogP contribution is 2.22. The van der Waals surface area contributed by atoms with Crippen LogP contribution < -0.4 is 5.19 Å². The Hall–Kier alpha value is -1.48. The molecule has 2 heterocycles. The molecule has 0 atom stereocenters. The van der Waals surface area contributed by atoms with Crippen molar-refractivity contribution in [2.24, 2.45) is 0 Å². The smallest absolute Gasteiger partial charge is 0.0884 e. The number of aromatic nitrogens is 2. The van der Waals surface area contributed by atoms with Gasteiger partial charge in [0.1, 0.15) is 0 Å². The van der Waals surface area contributed by atoms with Gasteiger partial charge in [0, 0.05) is 12.4 Å². The summed E-state index contributed by atoms with van der Waals surface area (Å²) in [5.41, 5.74) is 3.46. The SMILES string of the molecule is C[Si](C)c1cc(C(C)(C)C)cnc1-c1ccccn1. The maximum atomic E-state index is 4.70. The average molecular weight is 269 g/mol. The average Bonchev–Trinajstić information content (AvgIpc) is 2.38. The summed E-state index contributed by atoms with van der Waals surface area (Å²) in [6.07, 6.45) is 3.83. The summed E-state index contributed by atoms with van der Waals surface area (Å²) in [5, 5.41) is 1.37. The summed E-state index contributed by atoms with van der Waals surface area (Å²) < 4.78 is 0. The minimum Gasteiger partial charge on any atom is -0.255 e. The molecule has 2 rings (SSSR count). The van der Waals surface area contributed by atoms with Gasteiger partial charge in [-0.05, 0) is 28.3 Å². The lowest BCUT2D eigenvalue weighted by Crippen LogP contribution is -2.28. The summed E-state index contributed by atoms with van der Waals surface area (Å²) in [7, 11) is -0.573. The molecular formula is C16H21N2Si. The van der Waals surface area contributed by atoms with E-state index in [1.807, 2.05) is 30.6 Å². The second-order valence-corrected chi connectivity index (χ2v) is 8.62. The molecular weight excluding hydrogens is 248 g/mol. The first-order chi connectivity index (χ1) is 8.89. The minimum atomic E-state index is -0.573. The first kappa shape index (κ1) is 13.9. The number of hydrogen-bond donors (Lipinski definition) is 0. The number of hydrogen-bond acceptors (Lipinski definition) is 2. The predicted octanol–water partition coefficient (Wildman–Crippen LogP) is 3.40. The van der Waals surface area contributed by atoms with Crippen LogP contribution in [0, 0.1) is 0 Å². The van der Waals surface area contributed by atoms with Crippen molar-refractivity contribution in [2.45, 2.75) is 39.3 Å². The molecule has 2 aromatic rings. The van der Waals surface area contributed by atoms with Gasteiger partial charge in [-0.3, -0.25) is 9.97 Å². The molecule has 2 aromatic heterocycles. The zero-order chi connectivity index (χ0) is 14.0. The molecule has 0 amide bonds. The van der Waals surface area contributed by atoms with Crippen LogP contribution in [0.5, 0.6) is 0 Å². The van der Waals surface area contributed by atoms with E-state index in [-0.39, 0.29) is 5.41 Å². The minimum absolute atomic E-state index is 0.141. The zero-order valence-electron chi connectivity index (χ0n) is 12.4. The van der Waals surface area contributed by atoms with E-state index in [0.29, 0.717) is 0 Å². The molecule has 0 aliphatic rings. The monoisotopic (exact) mass is 269 g/mol. The highest BCUT2D eigenvalue weighted by Gasteiger charge is 2.19. The lowest BCUT2D eigenvalue weighted by molar-refractivity contribution is 0.588.